The molecule has 1 aliphatic rings. The highest BCUT2D eigenvalue weighted by Gasteiger charge is 2.63. The Morgan fingerprint density at radius 3 is 2.97 bits per heavy atom. The Hall–Kier alpha value is -3.01. The molecule has 0 bridgehead atoms. The Labute approximate surface area is 183 Å². The molecule has 0 saturated carbocycles. The van der Waals surface area contributed by atoms with Crippen LogP contribution in [0.1, 0.15) is 17.4 Å². The summed E-state index contributed by atoms with van der Waals surface area (Å²) in [7, 11) is 3.22. The number of carboxylic acids is 1. The SMILES string of the molecule is COC(C)C1(N(C)Cc2cccs2)O/C(=C\c2c[nH]c3ncccc23)C(=O)C1C(=O)O. The predicted octanol–water partition coefficient (Wildman–Crippen LogP) is 3.13. The number of ether oxygens (including phenoxy) is 2. The van der Waals surface area contributed by atoms with E-state index in [9.17, 15) is 14.7 Å². The van der Waals surface area contributed by atoms with Gasteiger partial charge < -0.3 is 19.6 Å². The zero-order valence-electron chi connectivity index (χ0n) is 17.4. The van der Waals surface area contributed by atoms with Crippen molar-refractivity contribution in [1.82, 2.24) is 14.9 Å². The number of carbonyl (C=O) groups excluding carboxylic acids is 1. The third-order valence-electron chi connectivity index (χ3n) is 5.71. The Morgan fingerprint density at radius 2 is 2.29 bits per heavy atom. The number of hydrogen-bond donors (Lipinski definition) is 2. The smallest absolute Gasteiger partial charge is 0.320 e. The third-order valence-corrected chi connectivity index (χ3v) is 6.58. The number of aromatic amines is 1. The van der Waals surface area contributed by atoms with Crippen LogP contribution < -0.4 is 0 Å². The molecule has 1 saturated heterocycles. The molecule has 2 N–H and O–H groups in total. The van der Waals surface area contributed by atoms with Crippen LogP contribution in [0.25, 0.3) is 17.1 Å². The fourth-order valence-corrected chi connectivity index (χ4v) is 4.86. The number of nitrogens with one attached hydrogen (secondary N) is 1. The number of nitrogens with zero attached hydrogens (tertiary/aromatic N) is 2. The maximum Gasteiger partial charge on any atom is 0.320 e. The predicted molar refractivity (Wildman–Crippen MR) is 116 cm³/mol. The van der Waals surface area contributed by atoms with E-state index in [0.29, 0.717) is 17.8 Å². The van der Waals surface area contributed by atoms with Crippen LogP contribution >= 0.6 is 11.3 Å². The summed E-state index contributed by atoms with van der Waals surface area (Å²) in [4.78, 5) is 35.6. The standard InChI is InChI=1S/C22H23N3O5S/c1-13(29-3)22(25(2)12-15-6-5-9-31-15)18(21(27)28)19(26)17(30-22)10-14-11-24-20-16(14)7-4-8-23-20/h4-11,13,18H,12H2,1-3H3,(H,23,24)(H,27,28)/b17-10-. The van der Waals surface area contributed by atoms with E-state index >= 15 is 0 Å². The normalized spacial score (nSPS) is 23.5. The van der Waals surface area contributed by atoms with Gasteiger partial charge in [0.2, 0.25) is 11.5 Å². The van der Waals surface area contributed by atoms with Gasteiger partial charge in [0.05, 0.1) is 0 Å². The van der Waals surface area contributed by atoms with Gasteiger partial charge in [0, 0.05) is 41.9 Å². The highest BCUT2D eigenvalue weighted by atomic mass is 32.1. The summed E-state index contributed by atoms with van der Waals surface area (Å²) in [6.07, 6.45) is 4.25. The molecule has 4 heterocycles. The van der Waals surface area contributed by atoms with Gasteiger partial charge in [-0.05, 0) is 43.6 Å². The quantitative estimate of drug-likeness (QED) is 0.429. The lowest BCUT2D eigenvalue weighted by Crippen LogP contribution is -2.60. The van der Waals surface area contributed by atoms with E-state index in [2.05, 4.69) is 9.97 Å². The number of Topliss-reactive ketones (excluding diaryl/α,β-unsaturated/α-hetero) is 1. The fourth-order valence-electron chi connectivity index (χ4n) is 4.10. The zero-order chi connectivity index (χ0) is 22.2. The summed E-state index contributed by atoms with van der Waals surface area (Å²) in [5, 5.41) is 12.8. The lowest BCUT2D eigenvalue weighted by Gasteiger charge is -2.42. The number of carbonyl (C=O) groups is 2. The summed E-state index contributed by atoms with van der Waals surface area (Å²) < 4.78 is 11.8. The highest BCUT2D eigenvalue weighted by Crippen LogP contribution is 2.43. The number of thiophene rings is 1. The molecule has 0 spiro atoms. The topological polar surface area (TPSA) is 105 Å². The van der Waals surface area contributed by atoms with Crippen LogP contribution in [0.4, 0.5) is 0 Å². The van der Waals surface area contributed by atoms with E-state index in [4.69, 9.17) is 9.47 Å². The molecule has 0 radical (unpaired) electrons. The summed E-state index contributed by atoms with van der Waals surface area (Å²) in [6, 6.07) is 7.54. The van der Waals surface area contributed by atoms with Crippen LogP contribution in [-0.4, -0.2) is 57.7 Å². The van der Waals surface area contributed by atoms with Crippen LogP contribution in [0, 0.1) is 5.92 Å². The Kier molecular flexibility index (Phi) is 5.65. The van der Waals surface area contributed by atoms with Crippen LogP contribution in [0.2, 0.25) is 0 Å². The maximum absolute atomic E-state index is 13.3. The van der Waals surface area contributed by atoms with E-state index < -0.39 is 29.5 Å². The van der Waals surface area contributed by atoms with Crippen LogP contribution in [-0.2, 0) is 25.6 Å². The molecule has 1 aliphatic heterocycles. The van der Waals surface area contributed by atoms with Crippen molar-refractivity contribution in [3.63, 3.8) is 0 Å². The minimum atomic E-state index is -1.50. The van der Waals surface area contributed by atoms with Gasteiger partial charge in [0.25, 0.3) is 0 Å². The van der Waals surface area contributed by atoms with Gasteiger partial charge in [0.1, 0.15) is 11.8 Å². The van der Waals surface area contributed by atoms with Crippen molar-refractivity contribution in [2.45, 2.75) is 25.3 Å². The lowest BCUT2D eigenvalue weighted by molar-refractivity contribution is -0.202. The number of carboxylic acid groups (broad SMARTS) is 1. The van der Waals surface area contributed by atoms with Gasteiger partial charge in [-0.2, -0.15) is 0 Å². The summed E-state index contributed by atoms with van der Waals surface area (Å²) in [6.45, 7) is 2.12. The molecule has 8 nitrogen and oxygen atoms in total. The van der Waals surface area contributed by atoms with Crippen LogP contribution in [0.3, 0.4) is 0 Å². The molecule has 0 aliphatic carbocycles. The van der Waals surface area contributed by atoms with Crippen LogP contribution in [0.15, 0.2) is 47.8 Å². The number of aromatic nitrogens is 2. The molecule has 3 aromatic rings. The number of hydrogen-bond acceptors (Lipinski definition) is 7. The van der Waals surface area contributed by atoms with Crippen molar-refractivity contribution >= 4 is 40.2 Å². The zero-order valence-corrected chi connectivity index (χ0v) is 18.2. The lowest BCUT2D eigenvalue weighted by atomic mass is 9.88. The number of allylic oxidation sites excluding steroid dienone is 1. The van der Waals surface area contributed by atoms with E-state index in [1.807, 2.05) is 23.6 Å². The molecular weight excluding hydrogens is 418 g/mol. The highest BCUT2D eigenvalue weighted by molar-refractivity contribution is 7.09. The second-order valence-electron chi connectivity index (χ2n) is 7.45. The van der Waals surface area contributed by atoms with Gasteiger partial charge in [0.15, 0.2) is 11.7 Å². The van der Waals surface area contributed by atoms with E-state index in [0.717, 1.165) is 10.3 Å². The fraction of sp³-hybridized carbons (Fsp3) is 0.318. The molecular formula is C22H23N3O5S. The molecule has 0 aromatic carbocycles. The Bertz CT molecular complexity index is 1140. The summed E-state index contributed by atoms with van der Waals surface area (Å²) in [5.74, 6) is -3.30. The van der Waals surface area contributed by atoms with Crippen molar-refractivity contribution in [2.24, 2.45) is 5.92 Å². The van der Waals surface area contributed by atoms with Crippen molar-refractivity contribution in [1.29, 1.82) is 0 Å². The van der Waals surface area contributed by atoms with Crippen molar-refractivity contribution in [3.05, 3.63) is 58.2 Å². The number of aliphatic carboxylic acids is 1. The molecule has 162 valence electrons. The first-order valence-electron chi connectivity index (χ1n) is 9.74. The molecule has 3 unspecified atom stereocenters. The first-order valence-corrected chi connectivity index (χ1v) is 10.6. The minimum absolute atomic E-state index is 0.0147. The Morgan fingerprint density at radius 1 is 1.48 bits per heavy atom. The number of methoxy groups -OCH3 is 1. The molecule has 4 rings (SSSR count). The van der Waals surface area contributed by atoms with E-state index in [1.54, 1.807) is 54.7 Å². The molecule has 3 aromatic heterocycles. The van der Waals surface area contributed by atoms with Gasteiger partial charge in [-0.25, -0.2) is 4.98 Å². The van der Waals surface area contributed by atoms with Gasteiger partial charge in [-0.1, -0.05) is 6.07 Å². The number of H-pyrrole nitrogens is 1. The number of pyridine rings is 1. The molecule has 1 fully saturated rings. The number of likely N-dealkylation sites (N-methyl/N-ethyl adjacent to an activating group) is 1. The van der Waals surface area contributed by atoms with Crippen molar-refractivity contribution < 1.29 is 24.2 Å². The van der Waals surface area contributed by atoms with Crippen molar-refractivity contribution in [2.75, 3.05) is 14.2 Å². The average molecular weight is 442 g/mol. The number of ketones is 1. The van der Waals surface area contributed by atoms with E-state index in [-0.39, 0.29) is 5.76 Å². The molecule has 31 heavy (non-hydrogen) atoms. The first kappa shape index (κ1) is 21.2. The van der Waals surface area contributed by atoms with E-state index in [1.165, 1.54) is 7.11 Å². The molecule has 3 atom stereocenters. The second kappa shape index (κ2) is 8.26. The summed E-state index contributed by atoms with van der Waals surface area (Å²) >= 11 is 1.55. The third kappa shape index (κ3) is 3.54. The summed E-state index contributed by atoms with van der Waals surface area (Å²) in [5.41, 5.74) is -0.143. The Balaban J connectivity index is 1.80. The molecule has 9 heteroatoms. The van der Waals surface area contributed by atoms with Crippen molar-refractivity contribution in [3.8, 4) is 0 Å². The van der Waals surface area contributed by atoms with Gasteiger partial charge in [-0.15, -0.1) is 11.3 Å². The number of rotatable bonds is 7. The van der Waals surface area contributed by atoms with Gasteiger partial charge >= 0.3 is 5.97 Å². The monoisotopic (exact) mass is 441 g/mol. The van der Waals surface area contributed by atoms with Gasteiger partial charge in [-0.3, -0.25) is 14.5 Å². The molecule has 0 amide bonds. The van der Waals surface area contributed by atoms with Crippen LogP contribution in [0.5, 0.6) is 0 Å². The first-order chi connectivity index (χ1) is 14.9. The largest absolute Gasteiger partial charge is 0.481 e. The minimum Gasteiger partial charge on any atom is -0.481 e. The average Bonchev–Trinajstić information content (AvgIpc) is 3.47. The second-order valence-corrected chi connectivity index (χ2v) is 8.49. The maximum atomic E-state index is 13.3. The number of fused-ring (bicyclic) bond motifs is 1.